The van der Waals surface area contributed by atoms with Crippen molar-refractivity contribution in [1.82, 2.24) is 31.2 Å². The summed E-state index contributed by atoms with van der Waals surface area (Å²) in [6.07, 6.45) is 2.62. The van der Waals surface area contributed by atoms with Crippen LogP contribution in [0.5, 0.6) is 0 Å². The third kappa shape index (κ3) is 12.3. The highest BCUT2D eigenvalue weighted by molar-refractivity contribution is 7.80. The molecule has 14 nitrogen and oxygen atoms in total. The molecular weight excluding hydrogens is 508 g/mol. The number of carbonyl (C=O) groups is 6. The molecule has 0 spiro atoms. The number of H-pyrrole nitrogens is 1. The van der Waals surface area contributed by atoms with Gasteiger partial charge in [-0.25, -0.2) is 9.78 Å². The van der Waals surface area contributed by atoms with Crippen molar-refractivity contribution in [3.8, 4) is 0 Å². The summed E-state index contributed by atoms with van der Waals surface area (Å²) in [5.74, 6) is -3.78. The maximum absolute atomic E-state index is 12.9. The zero-order valence-corrected chi connectivity index (χ0v) is 21.9. The number of thiol groups is 1. The number of nitrogens with one attached hydrogen (secondary N) is 5. The Morgan fingerprint density at radius 1 is 0.973 bits per heavy atom. The molecule has 37 heavy (non-hydrogen) atoms. The van der Waals surface area contributed by atoms with E-state index in [0.29, 0.717) is 5.69 Å². The van der Waals surface area contributed by atoms with Crippen molar-refractivity contribution in [2.45, 2.75) is 58.2 Å². The molecule has 15 heteroatoms. The van der Waals surface area contributed by atoms with Crippen molar-refractivity contribution in [3.63, 3.8) is 0 Å². The highest BCUT2D eigenvalue weighted by atomic mass is 32.1. The summed E-state index contributed by atoms with van der Waals surface area (Å²) in [4.78, 5) is 79.8. The molecule has 0 aromatic carbocycles. The Labute approximate surface area is 219 Å². The summed E-state index contributed by atoms with van der Waals surface area (Å²) in [5.41, 5.74) is 0.583. The normalized spacial score (nSPS) is 12.9. The van der Waals surface area contributed by atoms with Crippen LogP contribution in [0, 0.1) is 0 Å². The number of hydrogen-bond donors (Lipinski definition) is 6. The second kappa shape index (κ2) is 16.9. The zero-order chi connectivity index (χ0) is 27.8. The molecule has 0 bridgehead atoms. The van der Waals surface area contributed by atoms with E-state index in [1.807, 2.05) is 0 Å². The quantitative estimate of drug-likeness (QED) is 0.105. The summed E-state index contributed by atoms with van der Waals surface area (Å²) in [5, 5.41) is 9.85. The number of amides is 4. The van der Waals surface area contributed by atoms with Crippen LogP contribution < -0.4 is 21.3 Å². The molecule has 0 aliphatic carbocycles. The van der Waals surface area contributed by atoms with Crippen LogP contribution in [0.1, 0.15) is 39.3 Å². The third-order valence-electron chi connectivity index (χ3n) is 4.77. The fourth-order valence-electron chi connectivity index (χ4n) is 3.07. The van der Waals surface area contributed by atoms with Gasteiger partial charge in [-0.3, -0.25) is 24.0 Å². The topological polar surface area (TPSA) is 198 Å². The average Bonchev–Trinajstić information content (AvgIpc) is 3.36. The lowest BCUT2D eigenvalue weighted by atomic mass is 10.1. The number of hydrogen-bond acceptors (Lipinski definition) is 10. The second-order valence-corrected chi connectivity index (χ2v) is 8.08. The first-order chi connectivity index (χ1) is 17.6. The molecule has 1 heterocycles. The van der Waals surface area contributed by atoms with E-state index in [1.165, 1.54) is 19.4 Å². The molecule has 0 aliphatic heterocycles. The first-order valence-corrected chi connectivity index (χ1v) is 12.3. The Kier molecular flexibility index (Phi) is 14.4. The average molecular weight is 543 g/mol. The highest BCUT2D eigenvalue weighted by Gasteiger charge is 2.29. The minimum Gasteiger partial charge on any atom is -0.465 e. The van der Waals surface area contributed by atoms with E-state index in [0.717, 1.165) is 0 Å². The molecule has 0 saturated carbocycles. The zero-order valence-electron chi connectivity index (χ0n) is 21.0. The molecule has 3 atom stereocenters. The Balaban J connectivity index is 2.77. The third-order valence-corrected chi connectivity index (χ3v) is 5.13. The summed E-state index contributed by atoms with van der Waals surface area (Å²) < 4.78 is 9.74. The Hall–Kier alpha value is -3.62. The Bertz CT molecular complexity index is 926. The SMILES string of the molecule is CCOC(=O)CNC(=O)[C@H](CS)NC(=O)CC[C@H](NC(=O)[C@H](Cc1cnc[nH]1)NC(C)=O)C(=O)OCC. The molecule has 4 amide bonds. The van der Waals surface area contributed by atoms with Gasteiger partial charge in [-0.05, 0) is 20.3 Å². The van der Waals surface area contributed by atoms with E-state index in [2.05, 4.69) is 43.9 Å². The van der Waals surface area contributed by atoms with Crippen LogP contribution in [0.15, 0.2) is 12.5 Å². The second-order valence-electron chi connectivity index (χ2n) is 7.71. The van der Waals surface area contributed by atoms with Crippen molar-refractivity contribution in [1.29, 1.82) is 0 Å². The van der Waals surface area contributed by atoms with Gasteiger partial charge in [0.05, 0.1) is 19.5 Å². The monoisotopic (exact) mass is 542 g/mol. The van der Waals surface area contributed by atoms with Crippen LogP contribution in [0.4, 0.5) is 0 Å². The number of ether oxygens (including phenoxy) is 2. The van der Waals surface area contributed by atoms with Gasteiger partial charge in [0.1, 0.15) is 24.7 Å². The van der Waals surface area contributed by atoms with Gasteiger partial charge in [0.25, 0.3) is 0 Å². The van der Waals surface area contributed by atoms with Crippen LogP contribution in [0.3, 0.4) is 0 Å². The van der Waals surface area contributed by atoms with Crippen molar-refractivity contribution < 1.29 is 38.2 Å². The fourth-order valence-corrected chi connectivity index (χ4v) is 3.32. The van der Waals surface area contributed by atoms with E-state index in [4.69, 9.17) is 9.47 Å². The first kappa shape index (κ1) is 31.4. The minimum atomic E-state index is -1.19. The standard InChI is InChI=1S/C22H34N6O8S/c1-4-35-19(31)10-24-20(32)17(11-37)27-18(30)7-6-15(22(34)36-5-2)28-21(33)16(26-13(3)29)8-14-9-23-12-25-14/h9,12,15-17,37H,4-8,10-11H2,1-3H3,(H,23,25)(H,24,32)(H,26,29)(H,27,30)(H,28,33)/t15-,16-,17-/m0/s1. The summed E-state index contributed by atoms with van der Waals surface area (Å²) >= 11 is 4.05. The molecule has 0 aliphatic rings. The predicted octanol–water partition coefficient (Wildman–Crippen LogP) is -1.62. The lowest BCUT2D eigenvalue weighted by Crippen LogP contribution is -2.53. The highest BCUT2D eigenvalue weighted by Crippen LogP contribution is 2.05. The molecule has 0 fully saturated rings. The van der Waals surface area contributed by atoms with Crippen molar-refractivity contribution >= 4 is 48.2 Å². The summed E-state index contributed by atoms with van der Waals surface area (Å²) in [6, 6.07) is -3.25. The van der Waals surface area contributed by atoms with Gasteiger partial charge < -0.3 is 35.7 Å². The van der Waals surface area contributed by atoms with Crippen LogP contribution in [0.2, 0.25) is 0 Å². The molecule has 206 valence electrons. The van der Waals surface area contributed by atoms with E-state index in [-0.39, 0.29) is 44.8 Å². The van der Waals surface area contributed by atoms with Gasteiger partial charge in [-0.15, -0.1) is 0 Å². The Morgan fingerprint density at radius 2 is 1.68 bits per heavy atom. The van der Waals surface area contributed by atoms with Crippen LogP contribution in [-0.2, 0) is 44.7 Å². The van der Waals surface area contributed by atoms with Crippen molar-refractivity contribution in [2.24, 2.45) is 0 Å². The summed E-state index contributed by atoms with van der Waals surface area (Å²) in [7, 11) is 0. The molecule has 1 rings (SSSR count). The number of imidazole rings is 1. The van der Waals surface area contributed by atoms with Crippen LogP contribution in [0.25, 0.3) is 0 Å². The molecule has 0 radical (unpaired) electrons. The van der Waals surface area contributed by atoms with Gasteiger partial charge in [-0.1, -0.05) is 0 Å². The van der Waals surface area contributed by atoms with E-state index < -0.39 is 53.7 Å². The maximum atomic E-state index is 12.9. The van der Waals surface area contributed by atoms with Gasteiger partial charge in [0.15, 0.2) is 0 Å². The molecular formula is C22H34N6O8S. The number of esters is 2. The number of carbonyl (C=O) groups excluding carboxylic acids is 6. The number of aromatic amines is 1. The van der Waals surface area contributed by atoms with Gasteiger partial charge in [0, 0.05) is 37.4 Å². The van der Waals surface area contributed by atoms with Crippen molar-refractivity contribution in [2.75, 3.05) is 25.5 Å². The van der Waals surface area contributed by atoms with Gasteiger partial charge in [0.2, 0.25) is 23.6 Å². The van der Waals surface area contributed by atoms with Gasteiger partial charge >= 0.3 is 11.9 Å². The molecule has 1 aromatic heterocycles. The first-order valence-electron chi connectivity index (χ1n) is 11.7. The van der Waals surface area contributed by atoms with Crippen LogP contribution >= 0.6 is 12.6 Å². The summed E-state index contributed by atoms with van der Waals surface area (Å²) in [6.45, 7) is 4.31. The Morgan fingerprint density at radius 3 is 2.24 bits per heavy atom. The van der Waals surface area contributed by atoms with Crippen LogP contribution in [-0.4, -0.2) is 89.2 Å². The largest absolute Gasteiger partial charge is 0.465 e. The van der Waals surface area contributed by atoms with Crippen molar-refractivity contribution in [3.05, 3.63) is 18.2 Å². The molecule has 0 saturated heterocycles. The van der Waals surface area contributed by atoms with E-state index in [9.17, 15) is 28.8 Å². The van der Waals surface area contributed by atoms with E-state index >= 15 is 0 Å². The molecule has 0 unspecified atom stereocenters. The lowest BCUT2D eigenvalue weighted by Gasteiger charge is -2.22. The van der Waals surface area contributed by atoms with Gasteiger partial charge in [-0.2, -0.15) is 12.6 Å². The van der Waals surface area contributed by atoms with E-state index in [1.54, 1.807) is 13.8 Å². The number of aromatic nitrogens is 2. The lowest BCUT2D eigenvalue weighted by molar-refractivity contribution is -0.148. The minimum absolute atomic E-state index is 0.0447. The predicted molar refractivity (Wildman–Crippen MR) is 133 cm³/mol. The maximum Gasteiger partial charge on any atom is 0.328 e. The molecule has 5 N–H and O–H groups in total. The fraction of sp³-hybridized carbons (Fsp3) is 0.591. The molecule has 1 aromatic rings. The number of nitrogens with zero attached hydrogens (tertiary/aromatic N) is 1. The number of rotatable bonds is 16. The smallest absolute Gasteiger partial charge is 0.328 e.